The molecule has 106 valence electrons. The third-order valence-corrected chi connectivity index (χ3v) is 4.17. The number of halogens is 2. The lowest BCUT2D eigenvalue weighted by atomic mass is 10.2. The van der Waals surface area contributed by atoms with E-state index in [4.69, 9.17) is 5.11 Å². The highest BCUT2D eigenvalue weighted by Crippen LogP contribution is 2.29. The van der Waals surface area contributed by atoms with Crippen LogP contribution >= 0.6 is 23.1 Å². The molecule has 9 heteroatoms. The lowest BCUT2D eigenvalue weighted by Crippen LogP contribution is -1.96. The van der Waals surface area contributed by atoms with Gasteiger partial charge in [0.1, 0.15) is 11.6 Å². The first kappa shape index (κ1) is 14.7. The van der Waals surface area contributed by atoms with Crippen LogP contribution in [0, 0.1) is 18.6 Å². The van der Waals surface area contributed by atoms with Gasteiger partial charge in [0.2, 0.25) is 5.13 Å². The minimum absolute atomic E-state index is 0.0426. The van der Waals surface area contributed by atoms with E-state index >= 15 is 0 Å². The molecule has 0 unspecified atom stereocenters. The molecule has 20 heavy (non-hydrogen) atoms. The molecule has 2 aromatic rings. The van der Waals surface area contributed by atoms with Crippen molar-refractivity contribution in [3.63, 3.8) is 0 Å². The Labute approximate surface area is 121 Å². The molecular weight excluding hydrogens is 308 g/mol. The summed E-state index contributed by atoms with van der Waals surface area (Å²) in [6, 6.07) is 2.12. The third-order valence-electron chi connectivity index (χ3n) is 2.22. The second kappa shape index (κ2) is 6.14. The van der Waals surface area contributed by atoms with Crippen LogP contribution < -0.4 is 5.32 Å². The van der Waals surface area contributed by atoms with E-state index in [9.17, 15) is 13.6 Å². The molecule has 0 saturated heterocycles. The number of carbonyl (C=O) groups is 1. The van der Waals surface area contributed by atoms with E-state index < -0.39 is 17.6 Å². The second-order valence-corrected chi connectivity index (χ2v) is 5.96. The fourth-order valence-corrected chi connectivity index (χ4v) is 2.78. The van der Waals surface area contributed by atoms with Crippen molar-refractivity contribution in [2.75, 3.05) is 11.1 Å². The van der Waals surface area contributed by atoms with Crippen molar-refractivity contribution in [2.45, 2.75) is 11.3 Å². The number of carboxylic acids is 1. The lowest BCUT2D eigenvalue weighted by Gasteiger charge is -2.05. The Bertz CT molecular complexity index is 649. The van der Waals surface area contributed by atoms with E-state index in [0.717, 1.165) is 35.2 Å². The molecule has 0 spiro atoms. The van der Waals surface area contributed by atoms with Crippen LogP contribution in [0.25, 0.3) is 0 Å². The van der Waals surface area contributed by atoms with Gasteiger partial charge in [0.25, 0.3) is 0 Å². The number of nitrogens with one attached hydrogen (secondary N) is 1. The maximum absolute atomic E-state index is 13.6. The highest BCUT2D eigenvalue weighted by atomic mass is 32.2. The quantitative estimate of drug-likeness (QED) is 0.826. The Balaban J connectivity index is 2.10. The van der Waals surface area contributed by atoms with Crippen LogP contribution in [0.1, 0.15) is 5.56 Å². The summed E-state index contributed by atoms with van der Waals surface area (Å²) in [6.45, 7) is 1.47. The second-order valence-electron chi connectivity index (χ2n) is 3.76. The average Bonchev–Trinajstić information content (AvgIpc) is 2.81. The Hall–Kier alpha value is -1.74. The van der Waals surface area contributed by atoms with Crippen LogP contribution in [0.5, 0.6) is 0 Å². The van der Waals surface area contributed by atoms with Crippen molar-refractivity contribution < 1.29 is 18.7 Å². The molecule has 0 fully saturated rings. The number of hydrogen-bond donors (Lipinski definition) is 2. The van der Waals surface area contributed by atoms with Crippen LogP contribution in [0.2, 0.25) is 0 Å². The molecule has 0 amide bonds. The summed E-state index contributed by atoms with van der Waals surface area (Å²) < 4.78 is 27.4. The van der Waals surface area contributed by atoms with Gasteiger partial charge in [-0.3, -0.25) is 4.79 Å². The van der Waals surface area contributed by atoms with E-state index in [-0.39, 0.29) is 22.1 Å². The summed E-state index contributed by atoms with van der Waals surface area (Å²) in [5.74, 6) is -2.23. The monoisotopic (exact) mass is 317 g/mol. The number of hydrogen-bond acceptors (Lipinski definition) is 6. The molecule has 0 atom stereocenters. The normalized spacial score (nSPS) is 10.6. The van der Waals surface area contributed by atoms with Crippen molar-refractivity contribution >= 4 is 39.9 Å². The number of aromatic nitrogens is 2. The highest BCUT2D eigenvalue weighted by molar-refractivity contribution is 8.01. The standard InChI is InChI=1S/C11H9F2N3O2S2/c1-5-2-7(13)8(3-6(5)12)14-10-15-16-11(20-10)19-4-9(17)18/h2-3H,4H2,1H3,(H,14,15)(H,17,18). The van der Waals surface area contributed by atoms with Gasteiger partial charge in [-0.2, -0.15) is 0 Å². The molecule has 0 radical (unpaired) electrons. The summed E-state index contributed by atoms with van der Waals surface area (Å²) in [7, 11) is 0. The van der Waals surface area contributed by atoms with Crippen LogP contribution in [-0.4, -0.2) is 27.0 Å². The molecule has 0 bridgehead atoms. The van der Waals surface area contributed by atoms with Crippen molar-refractivity contribution in [1.29, 1.82) is 0 Å². The number of thioether (sulfide) groups is 1. The van der Waals surface area contributed by atoms with Crippen LogP contribution in [0.15, 0.2) is 16.5 Å². The van der Waals surface area contributed by atoms with Crippen molar-refractivity contribution in [2.24, 2.45) is 0 Å². The smallest absolute Gasteiger partial charge is 0.313 e. The molecule has 0 aliphatic heterocycles. The molecular formula is C11H9F2N3O2S2. The fourth-order valence-electron chi connectivity index (χ4n) is 1.30. The van der Waals surface area contributed by atoms with Crippen molar-refractivity contribution in [1.82, 2.24) is 10.2 Å². The molecule has 0 saturated carbocycles. The Morgan fingerprint density at radius 2 is 2.15 bits per heavy atom. The van der Waals surface area contributed by atoms with Gasteiger partial charge in [0, 0.05) is 6.07 Å². The first-order valence-electron chi connectivity index (χ1n) is 5.36. The van der Waals surface area contributed by atoms with Gasteiger partial charge < -0.3 is 10.4 Å². The predicted octanol–water partition coefficient (Wildman–Crippen LogP) is 3.05. The van der Waals surface area contributed by atoms with E-state index in [2.05, 4.69) is 15.5 Å². The van der Waals surface area contributed by atoms with Crippen LogP contribution in [0.3, 0.4) is 0 Å². The Kier molecular flexibility index (Phi) is 4.50. The summed E-state index contributed by atoms with van der Waals surface area (Å²) in [6.07, 6.45) is 0. The molecule has 0 aliphatic carbocycles. The van der Waals surface area contributed by atoms with E-state index in [1.54, 1.807) is 0 Å². The lowest BCUT2D eigenvalue weighted by molar-refractivity contribution is -0.133. The Morgan fingerprint density at radius 1 is 1.40 bits per heavy atom. The van der Waals surface area contributed by atoms with Gasteiger partial charge in [-0.15, -0.1) is 10.2 Å². The largest absolute Gasteiger partial charge is 0.481 e. The zero-order valence-corrected chi connectivity index (χ0v) is 11.8. The van der Waals surface area contributed by atoms with E-state index in [0.29, 0.717) is 4.34 Å². The third kappa shape index (κ3) is 3.64. The molecule has 2 N–H and O–H groups in total. The summed E-state index contributed by atoms with van der Waals surface area (Å²) in [5.41, 5.74) is 0.169. The van der Waals surface area contributed by atoms with Gasteiger partial charge in [-0.05, 0) is 18.6 Å². The van der Waals surface area contributed by atoms with Gasteiger partial charge in [0.15, 0.2) is 4.34 Å². The van der Waals surface area contributed by atoms with E-state index in [1.165, 1.54) is 6.92 Å². The number of rotatable bonds is 5. The number of nitrogens with zero attached hydrogens (tertiary/aromatic N) is 2. The average molecular weight is 317 g/mol. The topological polar surface area (TPSA) is 75.1 Å². The van der Waals surface area contributed by atoms with Gasteiger partial charge in [-0.25, -0.2) is 8.78 Å². The number of aliphatic carboxylic acids is 1. The predicted molar refractivity (Wildman–Crippen MR) is 72.6 cm³/mol. The number of carboxylic acid groups (broad SMARTS) is 1. The summed E-state index contributed by atoms with van der Waals surface area (Å²) in [4.78, 5) is 10.4. The highest BCUT2D eigenvalue weighted by Gasteiger charge is 2.11. The first-order chi connectivity index (χ1) is 9.45. The van der Waals surface area contributed by atoms with Crippen LogP contribution in [-0.2, 0) is 4.79 Å². The van der Waals surface area contributed by atoms with E-state index in [1.807, 2.05) is 0 Å². The SMILES string of the molecule is Cc1cc(F)c(Nc2nnc(SCC(=O)O)s2)cc1F. The molecule has 5 nitrogen and oxygen atoms in total. The minimum Gasteiger partial charge on any atom is -0.481 e. The fraction of sp³-hybridized carbons (Fsp3) is 0.182. The van der Waals surface area contributed by atoms with Gasteiger partial charge in [-0.1, -0.05) is 23.1 Å². The zero-order valence-electron chi connectivity index (χ0n) is 10.2. The molecule has 2 rings (SSSR count). The maximum Gasteiger partial charge on any atom is 0.313 e. The first-order valence-corrected chi connectivity index (χ1v) is 7.16. The van der Waals surface area contributed by atoms with Gasteiger partial charge in [0.05, 0.1) is 11.4 Å². The molecule has 0 aliphatic rings. The zero-order chi connectivity index (χ0) is 14.7. The summed E-state index contributed by atoms with van der Waals surface area (Å²) >= 11 is 2.07. The van der Waals surface area contributed by atoms with Crippen molar-refractivity contribution in [3.05, 3.63) is 29.3 Å². The molecule has 1 aromatic heterocycles. The molecule has 1 aromatic carbocycles. The minimum atomic E-state index is -0.966. The van der Waals surface area contributed by atoms with Crippen molar-refractivity contribution in [3.8, 4) is 0 Å². The van der Waals surface area contributed by atoms with Crippen LogP contribution in [0.4, 0.5) is 19.6 Å². The number of anilines is 2. The number of benzene rings is 1. The molecule has 1 heterocycles. The summed E-state index contributed by atoms with van der Waals surface area (Å²) in [5, 5.41) is 18.9. The Morgan fingerprint density at radius 3 is 2.85 bits per heavy atom. The maximum atomic E-state index is 13.6. The van der Waals surface area contributed by atoms with Gasteiger partial charge >= 0.3 is 5.97 Å². The number of aryl methyl sites for hydroxylation is 1.